The van der Waals surface area contributed by atoms with Crippen LogP contribution in [0.1, 0.15) is 11.5 Å². The summed E-state index contributed by atoms with van der Waals surface area (Å²) in [6.45, 7) is 1.41. The van der Waals surface area contributed by atoms with Crippen LogP contribution in [0.3, 0.4) is 0 Å². The van der Waals surface area contributed by atoms with Crippen molar-refractivity contribution in [3.05, 3.63) is 29.0 Å². The van der Waals surface area contributed by atoms with Gasteiger partial charge in [0.1, 0.15) is 12.3 Å². The van der Waals surface area contributed by atoms with Gasteiger partial charge >= 0.3 is 5.97 Å². The number of carboxylic acids is 1. The molecule has 0 saturated carbocycles. The average molecular weight is 294 g/mol. The first-order valence-corrected chi connectivity index (χ1v) is 6.81. The standard InChI is InChI=1S/C13H14N2O4S/c1-8-9(6-11(16)15(2)7-12(17)18)14-13(19-8)10-4-3-5-20-10/h3-5H,6-7H2,1-2H3,(H,17,18). The lowest BCUT2D eigenvalue weighted by atomic mass is 10.2. The molecule has 0 aliphatic heterocycles. The zero-order chi connectivity index (χ0) is 14.7. The molecule has 0 unspecified atom stereocenters. The zero-order valence-electron chi connectivity index (χ0n) is 11.1. The summed E-state index contributed by atoms with van der Waals surface area (Å²) in [6.07, 6.45) is 0.0322. The minimum Gasteiger partial charge on any atom is -0.480 e. The summed E-state index contributed by atoms with van der Waals surface area (Å²) in [7, 11) is 1.45. The van der Waals surface area contributed by atoms with Gasteiger partial charge in [-0.05, 0) is 18.4 Å². The van der Waals surface area contributed by atoms with Crippen LogP contribution < -0.4 is 0 Å². The second-order valence-corrected chi connectivity index (χ2v) is 5.27. The third kappa shape index (κ3) is 3.24. The fourth-order valence-corrected chi connectivity index (χ4v) is 2.32. The molecule has 2 aromatic rings. The molecule has 1 N–H and O–H groups in total. The van der Waals surface area contributed by atoms with Crippen LogP contribution in [0, 0.1) is 6.92 Å². The van der Waals surface area contributed by atoms with Crippen molar-refractivity contribution >= 4 is 23.2 Å². The molecule has 2 rings (SSSR count). The predicted molar refractivity (Wildman–Crippen MR) is 73.5 cm³/mol. The summed E-state index contributed by atoms with van der Waals surface area (Å²) in [6, 6.07) is 3.78. The molecular formula is C13H14N2O4S. The van der Waals surface area contributed by atoms with Crippen LogP contribution >= 0.6 is 11.3 Å². The number of amides is 1. The van der Waals surface area contributed by atoms with E-state index in [0.717, 1.165) is 9.78 Å². The van der Waals surface area contributed by atoms with Gasteiger partial charge in [-0.15, -0.1) is 11.3 Å². The van der Waals surface area contributed by atoms with Gasteiger partial charge in [-0.25, -0.2) is 4.98 Å². The SMILES string of the molecule is Cc1oc(-c2cccs2)nc1CC(=O)N(C)CC(=O)O. The average Bonchev–Trinajstić information content (AvgIpc) is 2.98. The number of nitrogens with zero attached hydrogens (tertiary/aromatic N) is 2. The molecule has 7 heteroatoms. The number of oxazole rings is 1. The molecule has 0 bridgehead atoms. The predicted octanol–water partition coefficient (Wildman–Crippen LogP) is 1.80. The molecule has 0 saturated heterocycles. The minimum absolute atomic E-state index is 0.0322. The van der Waals surface area contributed by atoms with Crippen molar-refractivity contribution in [2.24, 2.45) is 0 Å². The topological polar surface area (TPSA) is 83.6 Å². The Hall–Kier alpha value is -2.15. The van der Waals surface area contributed by atoms with Gasteiger partial charge in [0.05, 0.1) is 17.0 Å². The molecule has 0 aliphatic rings. The lowest BCUT2D eigenvalue weighted by molar-refractivity contribution is -0.143. The number of aromatic nitrogens is 1. The number of carbonyl (C=O) groups is 2. The van der Waals surface area contributed by atoms with Crippen molar-refractivity contribution in [3.8, 4) is 10.8 Å². The normalized spacial score (nSPS) is 10.5. The quantitative estimate of drug-likeness (QED) is 0.909. The van der Waals surface area contributed by atoms with Gasteiger partial charge in [0.2, 0.25) is 11.8 Å². The summed E-state index contributed by atoms with van der Waals surface area (Å²) in [4.78, 5) is 28.8. The number of carboxylic acid groups (broad SMARTS) is 1. The molecular weight excluding hydrogens is 280 g/mol. The van der Waals surface area contributed by atoms with Crippen LogP contribution in [0.25, 0.3) is 10.8 Å². The molecule has 0 radical (unpaired) electrons. The van der Waals surface area contributed by atoms with E-state index in [9.17, 15) is 9.59 Å². The molecule has 20 heavy (non-hydrogen) atoms. The van der Waals surface area contributed by atoms with E-state index in [0.29, 0.717) is 17.3 Å². The molecule has 0 aliphatic carbocycles. The number of thiophene rings is 1. The van der Waals surface area contributed by atoms with Crippen LogP contribution in [0.4, 0.5) is 0 Å². The van der Waals surface area contributed by atoms with Crippen LogP contribution in [0.15, 0.2) is 21.9 Å². The molecule has 0 fully saturated rings. The summed E-state index contributed by atoms with van der Waals surface area (Å²) in [5, 5.41) is 10.6. The van der Waals surface area contributed by atoms with E-state index < -0.39 is 5.97 Å². The highest BCUT2D eigenvalue weighted by Crippen LogP contribution is 2.26. The van der Waals surface area contributed by atoms with Crippen molar-refractivity contribution in [3.63, 3.8) is 0 Å². The molecule has 2 heterocycles. The van der Waals surface area contributed by atoms with Gasteiger partial charge in [0, 0.05) is 7.05 Å². The first-order chi connectivity index (χ1) is 9.47. The summed E-state index contributed by atoms with van der Waals surface area (Å²) in [5.41, 5.74) is 0.538. The first-order valence-electron chi connectivity index (χ1n) is 5.93. The van der Waals surface area contributed by atoms with E-state index in [1.54, 1.807) is 6.92 Å². The van der Waals surface area contributed by atoms with Crippen LogP contribution in [-0.2, 0) is 16.0 Å². The van der Waals surface area contributed by atoms with E-state index in [4.69, 9.17) is 9.52 Å². The van der Waals surface area contributed by atoms with E-state index in [2.05, 4.69) is 4.98 Å². The Labute approximate surface area is 119 Å². The summed E-state index contributed by atoms with van der Waals surface area (Å²) >= 11 is 1.50. The van der Waals surface area contributed by atoms with Crippen molar-refractivity contribution in [1.82, 2.24) is 9.88 Å². The number of hydrogen-bond donors (Lipinski definition) is 1. The van der Waals surface area contributed by atoms with E-state index in [1.165, 1.54) is 18.4 Å². The number of carbonyl (C=O) groups excluding carboxylic acids is 1. The number of aryl methyl sites for hydroxylation is 1. The smallest absolute Gasteiger partial charge is 0.323 e. The fourth-order valence-electron chi connectivity index (χ4n) is 1.67. The van der Waals surface area contributed by atoms with Gasteiger partial charge < -0.3 is 14.4 Å². The third-order valence-corrected chi connectivity index (χ3v) is 3.60. The molecule has 0 atom stereocenters. The van der Waals surface area contributed by atoms with E-state index in [1.807, 2.05) is 17.5 Å². The lowest BCUT2D eigenvalue weighted by Gasteiger charge is -2.13. The van der Waals surface area contributed by atoms with Gasteiger partial charge in [-0.2, -0.15) is 0 Å². The van der Waals surface area contributed by atoms with Crippen LogP contribution in [-0.4, -0.2) is 40.5 Å². The highest BCUT2D eigenvalue weighted by Gasteiger charge is 2.18. The Morgan fingerprint density at radius 3 is 2.85 bits per heavy atom. The minimum atomic E-state index is -1.04. The van der Waals surface area contributed by atoms with Crippen LogP contribution in [0.5, 0.6) is 0 Å². The number of rotatable bonds is 5. The molecule has 1 amide bonds. The van der Waals surface area contributed by atoms with Gasteiger partial charge in [0.25, 0.3) is 0 Å². The van der Waals surface area contributed by atoms with Crippen LogP contribution in [0.2, 0.25) is 0 Å². The van der Waals surface area contributed by atoms with Gasteiger partial charge in [-0.3, -0.25) is 9.59 Å². The molecule has 0 aromatic carbocycles. The third-order valence-electron chi connectivity index (χ3n) is 2.74. The molecule has 2 aromatic heterocycles. The molecule has 0 spiro atoms. The van der Waals surface area contributed by atoms with Crippen molar-refractivity contribution in [2.45, 2.75) is 13.3 Å². The maximum atomic E-state index is 11.9. The van der Waals surface area contributed by atoms with E-state index in [-0.39, 0.29) is 18.9 Å². The number of likely N-dealkylation sites (N-methyl/N-ethyl adjacent to an activating group) is 1. The molecule has 106 valence electrons. The Kier molecular flexibility index (Phi) is 4.19. The second kappa shape index (κ2) is 5.87. The highest BCUT2D eigenvalue weighted by molar-refractivity contribution is 7.13. The summed E-state index contributed by atoms with van der Waals surface area (Å²) < 4.78 is 5.53. The Morgan fingerprint density at radius 2 is 2.25 bits per heavy atom. The maximum Gasteiger partial charge on any atom is 0.323 e. The zero-order valence-corrected chi connectivity index (χ0v) is 11.9. The van der Waals surface area contributed by atoms with E-state index >= 15 is 0 Å². The van der Waals surface area contributed by atoms with Crippen molar-refractivity contribution < 1.29 is 19.1 Å². The van der Waals surface area contributed by atoms with Gasteiger partial charge in [-0.1, -0.05) is 6.07 Å². The largest absolute Gasteiger partial charge is 0.480 e. The Bertz CT molecular complexity index is 618. The monoisotopic (exact) mass is 294 g/mol. The van der Waals surface area contributed by atoms with Crippen molar-refractivity contribution in [2.75, 3.05) is 13.6 Å². The second-order valence-electron chi connectivity index (χ2n) is 4.32. The Morgan fingerprint density at radius 1 is 1.50 bits per heavy atom. The van der Waals surface area contributed by atoms with Crippen molar-refractivity contribution in [1.29, 1.82) is 0 Å². The highest BCUT2D eigenvalue weighted by atomic mass is 32.1. The first kappa shape index (κ1) is 14.3. The molecule has 6 nitrogen and oxygen atoms in total. The van der Waals surface area contributed by atoms with Gasteiger partial charge in [0.15, 0.2) is 0 Å². The number of aliphatic carboxylic acids is 1. The Balaban J connectivity index is 2.10. The maximum absolute atomic E-state index is 11.9. The lowest BCUT2D eigenvalue weighted by Crippen LogP contribution is -2.33. The number of hydrogen-bond acceptors (Lipinski definition) is 5. The fraction of sp³-hybridized carbons (Fsp3) is 0.308. The summed E-state index contributed by atoms with van der Waals surface area (Å²) in [5.74, 6) is -0.287.